The number of hydrogen-bond donors (Lipinski definition) is 1. The van der Waals surface area contributed by atoms with Crippen LogP contribution in [0, 0.1) is 13.8 Å². The van der Waals surface area contributed by atoms with Crippen molar-refractivity contribution in [2.75, 3.05) is 5.32 Å². The van der Waals surface area contributed by atoms with Crippen molar-refractivity contribution in [1.82, 2.24) is 14.8 Å². The molecule has 0 saturated carbocycles. The minimum Gasteiger partial charge on any atom is -0.324 e. The van der Waals surface area contributed by atoms with Gasteiger partial charge in [0, 0.05) is 11.3 Å². The van der Waals surface area contributed by atoms with Crippen LogP contribution in [-0.2, 0) is 4.79 Å². The topological polar surface area (TPSA) is 76.9 Å². The second kappa shape index (κ2) is 7.31. The zero-order valence-corrected chi connectivity index (χ0v) is 14.9. The van der Waals surface area contributed by atoms with E-state index in [2.05, 4.69) is 15.4 Å². The van der Waals surface area contributed by atoms with E-state index < -0.39 is 11.7 Å². The van der Waals surface area contributed by atoms with Crippen LogP contribution in [0.3, 0.4) is 0 Å². The largest absolute Gasteiger partial charge is 0.365 e. The van der Waals surface area contributed by atoms with E-state index in [1.165, 1.54) is 6.20 Å². The van der Waals surface area contributed by atoms with Crippen LogP contribution in [0.25, 0.3) is 11.3 Å². The number of benzene rings is 2. The number of carbonyl (C=O) groups excluding carboxylic acids is 1. The molecule has 6 nitrogen and oxygen atoms in total. The summed E-state index contributed by atoms with van der Waals surface area (Å²) >= 11 is 0. The summed E-state index contributed by atoms with van der Waals surface area (Å²) in [7, 11) is 0. The predicted molar refractivity (Wildman–Crippen MR) is 101 cm³/mol. The monoisotopic (exact) mass is 348 g/mol. The van der Waals surface area contributed by atoms with E-state index in [1.807, 2.05) is 62.4 Å². The van der Waals surface area contributed by atoms with Gasteiger partial charge in [-0.05, 0) is 44.0 Å². The highest BCUT2D eigenvalue weighted by Gasteiger charge is 2.18. The Kier molecular flexibility index (Phi) is 4.93. The summed E-state index contributed by atoms with van der Waals surface area (Å²) in [6.45, 7) is 5.61. The van der Waals surface area contributed by atoms with E-state index in [1.54, 1.807) is 6.92 Å². The molecule has 0 saturated heterocycles. The third-order valence-electron chi connectivity index (χ3n) is 4.31. The van der Waals surface area contributed by atoms with Gasteiger partial charge < -0.3 is 5.32 Å². The average molecular weight is 348 g/mol. The van der Waals surface area contributed by atoms with E-state index >= 15 is 0 Å². The summed E-state index contributed by atoms with van der Waals surface area (Å²) in [5.74, 6) is -0.322. The Balaban J connectivity index is 1.80. The standard InChI is InChI=1S/C20H20N4O2/c1-13-9-10-17(11-14(13)2)22-19(25)15(3)24-20(26)23-18(12-21-24)16-7-5-4-6-8-16/h4-12,15H,1-3H3,(H,22,25)/t15-/m1/s1. The van der Waals surface area contributed by atoms with Crippen molar-refractivity contribution in [2.45, 2.75) is 26.8 Å². The number of rotatable bonds is 4. The molecule has 0 aliphatic carbocycles. The third kappa shape index (κ3) is 3.69. The molecule has 1 N–H and O–H groups in total. The quantitative estimate of drug-likeness (QED) is 0.786. The lowest BCUT2D eigenvalue weighted by Crippen LogP contribution is -2.34. The molecule has 26 heavy (non-hydrogen) atoms. The van der Waals surface area contributed by atoms with Gasteiger partial charge in [-0.25, -0.2) is 9.48 Å². The van der Waals surface area contributed by atoms with Crippen LogP contribution in [0.2, 0.25) is 0 Å². The highest BCUT2D eigenvalue weighted by molar-refractivity contribution is 5.93. The summed E-state index contributed by atoms with van der Waals surface area (Å²) in [5, 5.41) is 6.95. The molecule has 3 aromatic rings. The molecule has 1 heterocycles. The number of nitrogens with zero attached hydrogens (tertiary/aromatic N) is 3. The second-order valence-corrected chi connectivity index (χ2v) is 6.20. The zero-order valence-electron chi connectivity index (χ0n) is 14.9. The van der Waals surface area contributed by atoms with Gasteiger partial charge >= 0.3 is 5.69 Å². The fourth-order valence-electron chi connectivity index (χ4n) is 2.54. The van der Waals surface area contributed by atoms with E-state index in [0.717, 1.165) is 21.4 Å². The second-order valence-electron chi connectivity index (χ2n) is 6.20. The summed E-state index contributed by atoms with van der Waals surface area (Å²) in [5.41, 5.74) is 3.64. The molecule has 132 valence electrons. The molecule has 0 radical (unpaired) electrons. The summed E-state index contributed by atoms with van der Waals surface area (Å²) in [6.07, 6.45) is 1.50. The highest BCUT2D eigenvalue weighted by atomic mass is 16.2. The van der Waals surface area contributed by atoms with Crippen molar-refractivity contribution in [3.05, 3.63) is 76.3 Å². The maximum absolute atomic E-state index is 12.5. The molecule has 0 unspecified atom stereocenters. The molecule has 1 amide bonds. The van der Waals surface area contributed by atoms with E-state index in [9.17, 15) is 9.59 Å². The van der Waals surface area contributed by atoms with E-state index in [4.69, 9.17) is 0 Å². The van der Waals surface area contributed by atoms with Crippen LogP contribution in [0.1, 0.15) is 24.1 Å². The Hall–Kier alpha value is -3.28. The van der Waals surface area contributed by atoms with Crippen molar-refractivity contribution in [2.24, 2.45) is 0 Å². The minimum absolute atomic E-state index is 0.322. The molecular weight excluding hydrogens is 328 g/mol. The van der Waals surface area contributed by atoms with Gasteiger partial charge in [0.05, 0.1) is 11.9 Å². The third-order valence-corrected chi connectivity index (χ3v) is 4.31. The smallest absolute Gasteiger partial charge is 0.324 e. The Morgan fingerprint density at radius 2 is 1.81 bits per heavy atom. The molecule has 2 aromatic carbocycles. The predicted octanol–water partition coefficient (Wildman–Crippen LogP) is 3.12. The average Bonchev–Trinajstić information content (AvgIpc) is 2.65. The van der Waals surface area contributed by atoms with E-state index in [0.29, 0.717) is 11.4 Å². The van der Waals surface area contributed by atoms with E-state index in [-0.39, 0.29) is 5.91 Å². The summed E-state index contributed by atoms with van der Waals surface area (Å²) in [4.78, 5) is 28.8. The Bertz CT molecular complexity index is 996. The first-order valence-corrected chi connectivity index (χ1v) is 8.35. The van der Waals surface area contributed by atoms with Crippen molar-refractivity contribution >= 4 is 11.6 Å². The first-order valence-electron chi connectivity index (χ1n) is 8.35. The molecule has 0 spiro atoms. The number of nitrogens with one attached hydrogen (secondary N) is 1. The van der Waals surface area contributed by atoms with Crippen molar-refractivity contribution in [3.63, 3.8) is 0 Å². The molecule has 1 atom stereocenters. The first kappa shape index (κ1) is 17.5. The molecule has 0 aliphatic rings. The lowest BCUT2D eigenvalue weighted by molar-refractivity contribution is -0.119. The van der Waals surface area contributed by atoms with Crippen LogP contribution in [-0.4, -0.2) is 20.7 Å². The Morgan fingerprint density at radius 1 is 1.08 bits per heavy atom. The number of amides is 1. The number of aromatic nitrogens is 3. The van der Waals surface area contributed by atoms with Crippen LogP contribution in [0.5, 0.6) is 0 Å². The number of aryl methyl sites for hydroxylation is 2. The van der Waals surface area contributed by atoms with Crippen LogP contribution >= 0.6 is 0 Å². The molecule has 0 aliphatic heterocycles. The Morgan fingerprint density at radius 3 is 2.46 bits per heavy atom. The van der Waals surface area contributed by atoms with Gasteiger partial charge in [-0.15, -0.1) is 0 Å². The van der Waals surface area contributed by atoms with Crippen LogP contribution in [0.4, 0.5) is 5.69 Å². The fraction of sp³-hybridized carbons (Fsp3) is 0.200. The fourth-order valence-corrected chi connectivity index (χ4v) is 2.54. The van der Waals surface area contributed by atoms with Crippen molar-refractivity contribution < 1.29 is 4.79 Å². The molecule has 3 rings (SSSR count). The maximum atomic E-state index is 12.5. The first-order chi connectivity index (χ1) is 12.5. The minimum atomic E-state index is -0.776. The van der Waals surface area contributed by atoms with Gasteiger partial charge in [0.25, 0.3) is 0 Å². The maximum Gasteiger partial charge on any atom is 0.365 e. The number of hydrogen-bond acceptors (Lipinski definition) is 4. The summed E-state index contributed by atoms with van der Waals surface area (Å²) < 4.78 is 1.09. The molecule has 1 aromatic heterocycles. The van der Waals surface area contributed by atoms with Gasteiger partial charge in [-0.3, -0.25) is 4.79 Å². The SMILES string of the molecule is Cc1ccc(NC(=O)[C@@H](C)n2ncc(-c3ccccc3)nc2=O)cc1C. The molecule has 6 heteroatoms. The van der Waals surface area contributed by atoms with Gasteiger partial charge in [0.1, 0.15) is 6.04 Å². The number of carbonyl (C=O) groups is 1. The normalized spacial score (nSPS) is 11.8. The van der Waals surface area contributed by atoms with Crippen LogP contribution < -0.4 is 11.0 Å². The lowest BCUT2D eigenvalue weighted by atomic mass is 10.1. The molecular formula is C20H20N4O2. The van der Waals surface area contributed by atoms with Crippen molar-refractivity contribution in [3.8, 4) is 11.3 Å². The lowest BCUT2D eigenvalue weighted by Gasteiger charge is -2.14. The Labute approximate surface area is 151 Å². The highest BCUT2D eigenvalue weighted by Crippen LogP contribution is 2.16. The zero-order chi connectivity index (χ0) is 18.7. The van der Waals surface area contributed by atoms with Crippen LogP contribution in [0.15, 0.2) is 59.5 Å². The van der Waals surface area contributed by atoms with Gasteiger partial charge in [-0.2, -0.15) is 10.1 Å². The number of anilines is 1. The van der Waals surface area contributed by atoms with Crippen molar-refractivity contribution in [1.29, 1.82) is 0 Å². The molecule has 0 fully saturated rings. The van der Waals surface area contributed by atoms with Gasteiger partial charge in [-0.1, -0.05) is 36.4 Å². The van der Waals surface area contributed by atoms with Gasteiger partial charge in [0.2, 0.25) is 5.91 Å². The summed E-state index contributed by atoms with van der Waals surface area (Å²) in [6, 6.07) is 14.2. The van der Waals surface area contributed by atoms with Gasteiger partial charge in [0.15, 0.2) is 0 Å². The molecule has 0 bridgehead atoms.